The molecule has 0 bridgehead atoms. The van der Waals surface area contributed by atoms with Gasteiger partial charge in [-0.3, -0.25) is 14.4 Å². The number of aliphatic hydroxyl groups excluding tert-OH is 3. The van der Waals surface area contributed by atoms with E-state index < -0.39 is 78.0 Å². The predicted molar refractivity (Wildman–Crippen MR) is 127 cm³/mol. The number of rotatable bonds is 7. The lowest BCUT2D eigenvalue weighted by molar-refractivity contribution is -0.235. The van der Waals surface area contributed by atoms with Crippen LogP contribution in [0.15, 0.2) is 45.6 Å². The number of carboxylic acid groups (broad SMARTS) is 1. The molecule has 0 saturated carbocycles. The summed E-state index contributed by atoms with van der Waals surface area (Å²) in [4.78, 5) is 35.2. The molecule has 2 aromatic carbocycles. The van der Waals surface area contributed by atoms with Crippen molar-refractivity contribution in [3.8, 4) is 28.6 Å². The van der Waals surface area contributed by atoms with Crippen molar-refractivity contribution >= 4 is 22.9 Å². The molecular formula is C25H24O13. The number of ether oxygens (including phenoxy) is 3. The molecule has 2 heterocycles. The Morgan fingerprint density at radius 1 is 1.00 bits per heavy atom. The van der Waals surface area contributed by atoms with E-state index in [1.807, 2.05) is 0 Å². The molecule has 0 aliphatic carbocycles. The van der Waals surface area contributed by atoms with Crippen molar-refractivity contribution in [2.24, 2.45) is 0 Å². The highest BCUT2D eigenvalue weighted by molar-refractivity contribution is 5.90. The smallest absolute Gasteiger partial charge is 0.317 e. The number of phenolic OH excluding ortho intramolecular Hbond substituents is 2. The number of hydrogen-bond donors (Lipinski definition) is 6. The van der Waals surface area contributed by atoms with Crippen LogP contribution in [0.1, 0.15) is 18.1 Å². The summed E-state index contributed by atoms with van der Waals surface area (Å²) < 4.78 is 21.1. The van der Waals surface area contributed by atoms with Gasteiger partial charge < -0.3 is 49.3 Å². The standard InChI is InChI=1S/C25H24O13/c1-35-11-4-2-10(3-5-11)14-6-12(26)19-15(37-14)7-13(27)20(22(19)32)25-24(34)23(33)21(31)16(38-25)9-36-18(30)8-17(28)29/h2-7,16,21,23-25,27,31-34H,8-9H2,1H3,(H,28,29)/t16-,21-,23+,24-,25+/m1/s1. The van der Waals surface area contributed by atoms with E-state index in [0.29, 0.717) is 11.3 Å². The summed E-state index contributed by atoms with van der Waals surface area (Å²) in [5.41, 5.74) is -0.855. The van der Waals surface area contributed by atoms with Crippen LogP contribution in [0.2, 0.25) is 0 Å². The third-order valence-electron chi connectivity index (χ3n) is 6.09. The summed E-state index contributed by atoms with van der Waals surface area (Å²) in [7, 11) is 1.50. The van der Waals surface area contributed by atoms with E-state index in [1.54, 1.807) is 24.3 Å². The molecule has 38 heavy (non-hydrogen) atoms. The van der Waals surface area contributed by atoms with Gasteiger partial charge in [0.1, 0.15) is 77.5 Å². The van der Waals surface area contributed by atoms with Crippen LogP contribution in [0.3, 0.4) is 0 Å². The van der Waals surface area contributed by atoms with Gasteiger partial charge in [0.15, 0.2) is 5.43 Å². The maximum atomic E-state index is 13.0. The fourth-order valence-corrected chi connectivity index (χ4v) is 4.16. The lowest BCUT2D eigenvalue weighted by Crippen LogP contribution is -2.55. The molecule has 1 saturated heterocycles. The number of fused-ring (bicyclic) bond motifs is 1. The van der Waals surface area contributed by atoms with Gasteiger partial charge in [-0.2, -0.15) is 0 Å². The van der Waals surface area contributed by atoms with Crippen molar-refractivity contribution in [3.05, 3.63) is 52.2 Å². The van der Waals surface area contributed by atoms with Gasteiger partial charge in [0, 0.05) is 17.7 Å². The van der Waals surface area contributed by atoms with Gasteiger partial charge in [-0.15, -0.1) is 0 Å². The number of esters is 1. The zero-order valence-corrected chi connectivity index (χ0v) is 19.8. The van der Waals surface area contributed by atoms with Gasteiger partial charge in [0.2, 0.25) is 0 Å². The fraction of sp³-hybridized carbons (Fsp3) is 0.320. The Morgan fingerprint density at radius 3 is 2.32 bits per heavy atom. The molecule has 3 aromatic rings. The summed E-state index contributed by atoms with van der Waals surface area (Å²) in [6.45, 7) is -0.712. The minimum absolute atomic E-state index is 0.132. The van der Waals surface area contributed by atoms with Gasteiger partial charge in [-0.05, 0) is 24.3 Å². The number of carbonyl (C=O) groups is 2. The number of carbonyl (C=O) groups excluding carboxylic acids is 1. The molecule has 5 atom stereocenters. The molecule has 0 amide bonds. The molecule has 1 aliphatic heterocycles. The van der Waals surface area contributed by atoms with Crippen molar-refractivity contribution in [2.45, 2.75) is 36.9 Å². The Labute approximate surface area is 213 Å². The van der Waals surface area contributed by atoms with Crippen LogP contribution in [0.4, 0.5) is 0 Å². The summed E-state index contributed by atoms with van der Waals surface area (Å²) in [6.07, 6.45) is -9.70. The fourth-order valence-electron chi connectivity index (χ4n) is 4.16. The number of aliphatic hydroxyl groups is 3. The first kappa shape index (κ1) is 26.9. The zero-order chi connectivity index (χ0) is 27.7. The maximum Gasteiger partial charge on any atom is 0.317 e. The molecule has 13 heteroatoms. The first-order valence-corrected chi connectivity index (χ1v) is 11.3. The lowest BCUT2D eigenvalue weighted by Gasteiger charge is -2.40. The van der Waals surface area contributed by atoms with Gasteiger partial charge in [-0.1, -0.05) is 0 Å². The Morgan fingerprint density at radius 2 is 1.68 bits per heavy atom. The molecule has 0 radical (unpaired) electrons. The Bertz CT molecular complexity index is 1410. The molecular weight excluding hydrogens is 508 g/mol. The zero-order valence-electron chi connectivity index (χ0n) is 19.8. The maximum absolute atomic E-state index is 13.0. The average molecular weight is 532 g/mol. The third kappa shape index (κ3) is 5.13. The van der Waals surface area contributed by atoms with E-state index in [1.165, 1.54) is 7.11 Å². The Hall–Kier alpha value is -4.17. The van der Waals surface area contributed by atoms with E-state index >= 15 is 0 Å². The SMILES string of the molecule is COc1ccc(-c2cc(=O)c3c(O)c([C@@H]4O[C@H](COC(=O)CC(=O)O)[C@@H](O)[C@H](O)[C@H]4O)c(O)cc3o2)cc1. The second kappa shape index (κ2) is 10.7. The van der Waals surface area contributed by atoms with Gasteiger partial charge in [0.05, 0.1) is 12.7 Å². The Balaban J connectivity index is 1.70. The van der Waals surface area contributed by atoms with Crippen LogP contribution in [0.5, 0.6) is 17.2 Å². The van der Waals surface area contributed by atoms with Crippen molar-refractivity contribution in [3.63, 3.8) is 0 Å². The molecule has 13 nitrogen and oxygen atoms in total. The molecule has 0 spiro atoms. The van der Waals surface area contributed by atoms with Crippen LogP contribution in [-0.4, -0.2) is 80.7 Å². The van der Waals surface area contributed by atoms with Gasteiger partial charge in [-0.25, -0.2) is 0 Å². The van der Waals surface area contributed by atoms with E-state index in [0.717, 1.165) is 12.1 Å². The van der Waals surface area contributed by atoms with Crippen LogP contribution in [0.25, 0.3) is 22.3 Å². The van der Waals surface area contributed by atoms with E-state index in [9.17, 15) is 39.9 Å². The topological polar surface area (TPSA) is 213 Å². The van der Waals surface area contributed by atoms with Crippen molar-refractivity contribution in [1.82, 2.24) is 0 Å². The van der Waals surface area contributed by atoms with Crippen LogP contribution >= 0.6 is 0 Å². The number of hydrogen-bond acceptors (Lipinski definition) is 12. The lowest BCUT2D eigenvalue weighted by atomic mass is 9.89. The normalized spacial score (nSPS) is 23.2. The molecule has 1 fully saturated rings. The van der Waals surface area contributed by atoms with Crippen LogP contribution < -0.4 is 10.2 Å². The highest BCUT2D eigenvalue weighted by Crippen LogP contribution is 2.44. The number of aromatic hydroxyl groups is 2. The molecule has 6 N–H and O–H groups in total. The number of methoxy groups -OCH3 is 1. The van der Waals surface area contributed by atoms with Crippen molar-refractivity contribution in [1.29, 1.82) is 0 Å². The molecule has 1 aromatic heterocycles. The minimum Gasteiger partial charge on any atom is -0.507 e. The van der Waals surface area contributed by atoms with E-state index in [4.69, 9.17) is 23.7 Å². The van der Waals surface area contributed by atoms with Gasteiger partial charge >= 0.3 is 11.9 Å². The average Bonchev–Trinajstić information content (AvgIpc) is 2.87. The highest BCUT2D eigenvalue weighted by Gasteiger charge is 2.46. The third-order valence-corrected chi connectivity index (χ3v) is 6.09. The summed E-state index contributed by atoms with van der Waals surface area (Å²) in [5.74, 6) is -3.36. The highest BCUT2D eigenvalue weighted by atomic mass is 16.6. The van der Waals surface area contributed by atoms with Crippen molar-refractivity contribution < 1.29 is 58.9 Å². The largest absolute Gasteiger partial charge is 0.507 e. The quantitative estimate of drug-likeness (QED) is 0.180. The second-order valence-corrected chi connectivity index (χ2v) is 8.55. The van der Waals surface area contributed by atoms with Crippen LogP contribution in [0, 0.1) is 0 Å². The molecule has 202 valence electrons. The first-order valence-electron chi connectivity index (χ1n) is 11.3. The summed E-state index contributed by atoms with van der Waals surface area (Å²) in [6, 6.07) is 8.71. The van der Waals surface area contributed by atoms with Crippen molar-refractivity contribution in [2.75, 3.05) is 13.7 Å². The molecule has 1 aliphatic rings. The van der Waals surface area contributed by atoms with E-state index in [-0.39, 0.29) is 16.7 Å². The number of aliphatic carboxylic acids is 1. The predicted octanol–water partition coefficient (Wildman–Crippen LogP) is 0.420. The first-order chi connectivity index (χ1) is 18.0. The van der Waals surface area contributed by atoms with Gasteiger partial charge in [0.25, 0.3) is 0 Å². The monoisotopic (exact) mass is 532 g/mol. The molecule has 4 rings (SSSR count). The number of phenols is 2. The summed E-state index contributed by atoms with van der Waals surface area (Å²) >= 11 is 0. The Kier molecular flexibility index (Phi) is 7.55. The second-order valence-electron chi connectivity index (χ2n) is 8.55. The number of benzene rings is 2. The van der Waals surface area contributed by atoms with Crippen LogP contribution in [-0.2, 0) is 19.1 Å². The number of carboxylic acids is 1. The summed E-state index contributed by atoms with van der Waals surface area (Å²) in [5, 5.41) is 61.1. The van der Waals surface area contributed by atoms with E-state index in [2.05, 4.69) is 0 Å². The minimum atomic E-state index is -1.89. The molecule has 0 unspecified atom stereocenters.